The normalized spacial score (nSPS) is 18.2. The van der Waals surface area contributed by atoms with Crippen molar-refractivity contribution >= 4 is 33.2 Å². The Bertz CT molecular complexity index is 789. The van der Waals surface area contributed by atoms with E-state index >= 15 is 0 Å². The summed E-state index contributed by atoms with van der Waals surface area (Å²) in [5.41, 5.74) is 0. The van der Waals surface area contributed by atoms with Crippen LogP contribution >= 0.6 is 23.2 Å². The number of nitrogens with zero attached hydrogens (tertiary/aromatic N) is 2. The molecule has 0 amide bonds. The number of imidazole rings is 1. The van der Waals surface area contributed by atoms with Crippen molar-refractivity contribution in [3.8, 4) is 0 Å². The number of benzene rings is 1. The van der Waals surface area contributed by atoms with Crippen LogP contribution in [0.1, 0.15) is 12.2 Å². The first-order valence-electron chi connectivity index (χ1n) is 6.91. The molecule has 1 aliphatic heterocycles. The van der Waals surface area contributed by atoms with Gasteiger partial charge in [0.1, 0.15) is 10.7 Å². The van der Waals surface area contributed by atoms with Gasteiger partial charge >= 0.3 is 0 Å². The average molecular weight is 360 g/mol. The lowest BCUT2D eigenvalue weighted by Crippen LogP contribution is -2.33. The maximum absolute atomic E-state index is 12.4. The second-order valence-electron chi connectivity index (χ2n) is 5.30. The Morgan fingerprint density at radius 3 is 3.00 bits per heavy atom. The molecule has 0 unspecified atom stereocenters. The summed E-state index contributed by atoms with van der Waals surface area (Å²) >= 11 is 11.9. The Morgan fingerprint density at radius 2 is 2.18 bits per heavy atom. The number of fused-ring (bicyclic) bond motifs is 1. The molecule has 0 bridgehead atoms. The van der Waals surface area contributed by atoms with Crippen LogP contribution in [0.3, 0.4) is 0 Å². The molecule has 1 N–H and O–H groups in total. The van der Waals surface area contributed by atoms with Crippen molar-refractivity contribution < 1.29 is 8.42 Å². The van der Waals surface area contributed by atoms with Crippen LogP contribution in [0.2, 0.25) is 10.0 Å². The molecule has 1 aromatic carbocycles. The SMILES string of the molecule is O=S(=O)(NC[C@@H]1CCc2nccn2C1)c1cccc(Cl)c1Cl. The summed E-state index contributed by atoms with van der Waals surface area (Å²) in [5, 5.41) is 0.280. The summed E-state index contributed by atoms with van der Waals surface area (Å²) < 4.78 is 29.4. The van der Waals surface area contributed by atoms with Crippen molar-refractivity contribution in [1.82, 2.24) is 14.3 Å². The minimum Gasteiger partial charge on any atom is -0.335 e. The number of aromatic nitrogens is 2. The Labute approximate surface area is 139 Å². The van der Waals surface area contributed by atoms with Gasteiger partial charge in [0, 0.05) is 31.9 Å². The molecule has 0 radical (unpaired) electrons. The van der Waals surface area contributed by atoms with Gasteiger partial charge < -0.3 is 4.57 Å². The Hall–Kier alpha value is -1.08. The third-order valence-electron chi connectivity index (χ3n) is 3.80. The maximum Gasteiger partial charge on any atom is 0.242 e. The fourth-order valence-corrected chi connectivity index (χ4v) is 4.48. The molecule has 2 heterocycles. The molecule has 0 fully saturated rings. The lowest BCUT2D eigenvalue weighted by Gasteiger charge is -2.24. The fraction of sp³-hybridized carbons (Fsp3) is 0.357. The molecule has 118 valence electrons. The molecule has 0 saturated heterocycles. The third kappa shape index (κ3) is 3.15. The molecular formula is C14H15Cl2N3O2S. The first kappa shape index (κ1) is 15.8. The van der Waals surface area contributed by atoms with Crippen LogP contribution in [0.15, 0.2) is 35.5 Å². The molecule has 0 aliphatic carbocycles. The van der Waals surface area contributed by atoms with E-state index in [9.17, 15) is 8.42 Å². The minimum absolute atomic E-state index is 0.0146. The third-order valence-corrected chi connectivity index (χ3v) is 6.20. The number of halogens is 2. The van der Waals surface area contributed by atoms with Crippen LogP contribution in [0.25, 0.3) is 0 Å². The van der Waals surface area contributed by atoms with Crippen LogP contribution in [0, 0.1) is 5.92 Å². The van der Waals surface area contributed by atoms with Crippen molar-refractivity contribution in [2.75, 3.05) is 6.54 Å². The number of hydrogen-bond donors (Lipinski definition) is 1. The summed E-state index contributed by atoms with van der Waals surface area (Å²) in [6.07, 6.45) is 5.46. The van der Waals surface area contributed by atoms with Gasteiger partial charge in [-0.3, -0.25) is 0 Å². The number of hydrogen-bond acceptors (Lipinski definition) is 3. The molecular weight excluding hydrogens is 345 g/mol. The van der Waals surface area contributed by atoms with Gasteiger partial charge in [0.25, 0.3) is 0 Å². The smallest absolute Gasteiger partial charge is 0.242 e. The van der Waals surface area contributed by atoms with E-state index in [1.807, 2.05) is 6.20 Å². The van der Waals surface area contributed by atoms with E-state index in [4.69, 9.17) is 23.2 Å². The van der Waals surface area contributed by atoms with E-state index < -0.39 is 10.0 Å². The average Bonchev–Trinajstić information content (AvgIpc) is 2.95. The molecule has 1 atom stereocenters. The van der Waals surface area contributed by atoms with Crippen molar-refractivity contribution in [2.45, 2.75) is 24.3 Å². The Balaban J connectivity index is 1.70. The zero-order chi connectivity index (χ0) is 15.7. The molecule has 3 rings (SSSR count). The maximum atomic E-state index is 12.4. The Morgan fingerprint density at radius 1 is 1.36 bits per heavy atom. The van der Waals surface area contributed by atoms with Gasteiger partial charge in [0.05, 0.1) is 10.0 Å². The highest BCUT2D eigenvalue weighted by molar-refractivity contribution is 7.89. The van der Waals surface area contributed by atoms with Crippen molar-refractivity contribution in [3.63, 3.8) is 0 Å². The molecule has 8 heteroatoms. The molecule has 0 saturated carbocycles. The van der Waals surface area contributed by atoms with Crippen molar-refractivity contribution in [1.29, 1.82) is 0 Å². The van der Waals surface area contributed by atoms with Gasteiger partial charge in [-0.2, -0.15) is 0 Å². The summed E-state index contributed by atoms with van der Waals surface area (Å²) in [6.45, 7) is 1.13. The fourth-order valence-electron chi connectivity index (χ4n) is 2.60. The van der Waals surface area contributed by atoms with E-state index in [0.717, 1.165) is 25.2 Å². The highest BCUT2D eigenvalue weighted by atomic mass is 35.5. The second kappa shape index (κ2) is 6.20. The number of sulfonamides is 1. The molecule has 1 aromatic heterocycles. The van der Waals surface area contributed by atoms with Crippen LogP contribution in [-0.2, 0) is 23.0 Å². The van der Waals surface area contributed by atoms with E-state index in [1.165, 1.54) is 6.07 Å². The quantitative estimate of drug-likeness (QED) is 0.912. The van der Waals surface area contributed by atoms with Crippen LogP contribution < -0.4 is 4.72 Å². The van der Waals surface area contributed by atoms with Gasteiger partial charge in [-0.1, -0.05) is 29.3 Å². The number of rotatable bonds is 4. The number of nitrogens with one attached hydrogen (secondary N) is 1. The zero-order valence-corrected chi connectivity index (χ0v) is 14.0. The Kier molecular flexibility index (Phi) is 4.45. The topological polar surface area (TPSA) is 64.0 Å². The van der Waals surface area contributed by atoms with E-state index in [0.29, 0.717) is 6.54 Å². The molecule has 0 spiro atoms. The highest BCUT2D eigenvalue weighted by Crippen LogP contribution is 2.29. The largest absolute Gasteiger partial charge is 0.335 e. The zero-order valence-electron chi connectivity index (χ0n) is 11.7. The second-order valence-corrected chi connectivity index (χ2v) is 7.82. The monoisotopic (exact) mass is 359 g/mol. The van der Waals surface area contributed by atoms with Crippen molar-refractivity contribution in [3.05, 3.63) is 46.5 Å². The van der Waals surface area contributed by atoms with Gasteiger partial charge in [0.2, 0.25) is 10.0 Å². The lowest BCUT2D eigenvalue weighted by atomic mass is 10.00. The summed E-state index contributed by atoms with van der Waals surface area (Å²) in [5.74, 6) is 1.28. The van der Waals surface area contributed by atoms with E-state index in [-0.39, 0.29) is 20.9 Å². The first-order valence-corrected chi connectivity index (χ1v) is 9.15. The molecule has 5 nitrogen and oxygen atoms in total. The van der Waals surface area contributed by atoms with Crippen LogP contribution in [0.4, 0.5) is 0 Å². The van der Waals surface area contributed by atoms with E-state index in [2.05, 4.69) is 14.3 Å². The highest BCUT2D eigenvalue weighted by Gasteiger charge is 2.23. The van der Waals surface area contributed by atoms with Crippen LogP contribution in [-0.4, -0.2) is 24.5 Å². The summed E-state index contributed by atoms with van der Waals surface area (Å²) in [4.78, 5) is 4.28. The van der Waals surface area contributed by atoms with Gasteiger partial charge in [-0.05, 0) is 24.5 Å². The van der Waals surface area contributed by atoms with Crippen LogP contribution in [0.5, 0.6) is 0 Å². The predicted octanol–water partition coefficient (Wildman–Crippen LogP) is 2.73. The molecule has 1 aliphatic rings. The van der Waals surface area contributed by atoms with Gasteiger partial charge in [-0.15, -0.1) is 0 Å². The number of aryl methyl sites for hydroxylation is 1. The molecule has 2 aromatic rings. The standard InChI is InChI=1S/C14H15Cl2N3O2S/c15-11-2-1-3-12(14(11)16)22(20,21)18-8-10-4-5-13-17-6-7-19(13)9-10/h1-3,6-7,10,18H,4-5,8-9H2/t10-/m0/s1. The summed E-state index contributed by atoms with van der Waals surface area (Å²) in [7, 11) is -3.67. The lowest BCUT2D eigenvalue weighted by molar-refractivity contribution is 0.363. The van der Waals surface area contributed by atoms with Gasteiger partial charge in [0.15, 0.2) is 0 Å². The van der Waals surface area contributed by atoms with Crippen molar-refractivity contribution in [2.24, 2.45) is 5.92 Å². The first-order chi connectivity index (χ1) is 10.5. The summed E-state index contributed by atoms with van der Waals surface area (Å²) in [6, 6.07) is 4.58. The predicted molar refractivity (Wildman–Crippen MR) is 85.7 cm³/mol. The van der Waals surface area contributed by atoms with E-state index in [1.54, 1.807) is 18.3 Å². The minimum atomic E-state index is -3.67. The van der Waals surface area contributed by atoms with Gasteiger partial charge in [-0.25, -0.2) is 18.1 Å². The molecule has 22 heavy (non-hydrogen) atoms.